The Morgan fingerprint density at radius 1 is 1.32 bits per heavy atom. The third-order valence-electron chi connectivity index (χ3n) is 1.88. The molecule has 0 radical (unpaired) electrons. The molecule has 0 rings (SSSR count). The fourth-order valence-corrected chi connectivity index (χ4v) is 4.73. The molecule has 1 N–H and O–H groups in total. The topological polar surface area (TPSA) is 50.8 Å². The van der Waals surface area contributed by atoms with Crippen molar-refractivity contribution < 1.29 is 13.8 Å². The number of carbonyl (C=O) groups is 1. The fraction of sp³-hybridized carbons (Fsp3) is 0.900. The highest BCUT2D eigenvalue weighted by Crippen LogP contribution is 2.54. The van der Waals surface area contributed by atoms with Gasteiger partial charge in [-0.25, -0.2) is 0 Å². The van der Waals surface area contributed by atoms with Gasteiger partial charge in [-0.2, -0.15) is 0 Å². The second-order valence-electron chi connectivity index (χ2n) is 4.56. The summed E-state index contributed by atoms with van der Waals surface area (Å²) in [6.07, 6.45) is 0. The first-order chi connectivity index (χ1) is 8.58. The molecule has 0 heterocycles. The highest BCUT2D eigenvalue weighted by Gasteiger charge is 2.38. The predicted octanol–water partition coefficient (Wildman–Crippen LogP) is 3.22. The van der Waals surface area contributed by atoms with Gasteiger partial charge in [0.25, 0.3) is 12.5 Å². The lowest BCUT2D eigenvalue weighted by molar-refractivity contribution is -0.124. The van der Waals surface area contributed by atoms with E-state index in [0.717, 1.165) is 0 Å². The molecule has 0 aromatic heterocycles. The second-order valence-corrected chi connectivity index (χ2v) is 8.90. The van der Waals surface area contributed by atoms with Gasteiger partial charge in [-0.05, 0) is 46.4 Å². The van der Waals surface area contributed by atoms with E-state index in [4.69, 9.17) is 44.1 Å². The van der Waals surface area contributed by atoms with Crippen molar-refractivity contribution >= 4 is 47.6 Å². The highest BCUT2D eigenvalue weighted by atomic mass is 35.5. The van der Waals surface area contributed by atoms with Crippen molar-refractivity contribution in [3.63, 3.8) is 0 Å². The van der Waals surface area contributed by atoms with Crippen molar-refractivity contribution in [3.8, 4) is 0 Å². The molecule has 5 nitrogen and oxygen atoms in total. The van der Waals surface area contributed by atoms with Crippen LogP contribution in [-0.2, 0) is 25.6 Å². The van der Waals surface area contributed by atoms with Crippen molar-refractivity contribution in [2.75, 3.05) is 13.2 Å². The number of hydrogen-bond donors (Lipinski definition) is 1. The Hall–Kier alpha value is 0.580. The van der Waals surface area contributed by atoms with Gasteiger partial charge in [0.1, 0.15) is 0 Å². The maximum Gasteiger partial charge on any atom is 0.282 e. The average Bonchev–Trinajstić information content (AvgIpc) is 2.24. The minimum absolute atomic E-state index is 0.380. The van der Waals surface area contributed by atoms with E-state index in [9.17, 15) is 4.79 Å². The minimum Gasteiger partial charge on any atom is -0.317 e. The monoisotopic (exact) mass is 350 g/mol. The number of halogens is 2. The van der Waals surface area contributed by atoms with Crippen LogP contribution in [0.4, 0.5) is 0 Å². The van der Waals surface area contributed by atoms with Crippen LogP contribution in [-0.4, -0.2) is 34.3 Å². The number of hydrazine groups is 1. The van der Waals surface area contributed by atoms with Crippen LogP contribution in [0.2, 0.25) is 0 Å². The molecular weight excluding hydrogens is 330 g/mol. The Balaban J connectivity index is 5.32. The largest absolute Gasteiger partial charge is 0.317 e. The Kier molecular flexibility index (Phi) is 8.38. The van der Waals surface area contributed by atoms with E-state index < -0.39 is 22.9 Å². The summed E-state index contributed by atoms with van der Waals surface area (Å²) in [7, 11) is 0. The first kappa shape index (κ1) is 19.6. The van der Waals surface area contributed by atoms with Crippen LogP contribution < -0.4 is 5.43 Å². The molecule has 0 aromatic rings. The lowest BCUT2D eigenvalue weighted by Gasteiger charge is -2.41. The molecule has 0 saturated carbocycles. The Labute approximate surface area is 130 Å². The molecule has 0 fully saturated rings. The van der Waals surface area contributed by atoms with Crippen molar-refractivity contribution in [1.29, 1.82) is 0 Å². The third-order valence-corrected chi connectivity index (χ3v) is 5.76. The van der Waals surface area contributed by atoms with Crippen LogP contribution in [0.25, 0.3) is 0 Å². The smallest absolute Gasteiger partial charge is 0.282 e. The minimum atomic E-state index is -2.83. The summed E-state index contributed by atoms with van der Waals surface area (Å²) in [6.45, 7) is 7.20. The molecule has 0 aliphatic rings. The summed E-state index contributed by atoms with van der Waals surface area (Å²) < 4.78 is 12.6. The van der Waals surface area contributed by atoms with E-state index in [1.807, 2.05) is 34.6 Å². The lowest BCUT2D eigenvalue weighted by Crippen LogP contribution is -2.52. The molecular formula is C10H21Cl2N2O3PS. The summed E-state index contributed by atoms with van der Waals surface area (Å²) in [5, 5.41) is 0. The van der Waals surface area contributed by atoms with Crippen LogP contribution in [0.5, 0.6) is 0 Å². The van der Waals surface area contributed by atoms with Crippen molar-refractivity contribution in [3.05, 3.63) is 0 Å². The summed E-state index contributed by atoms with van der Waals surface area (Å²) in [5.41, 5.74) is 2.09. The number of nitrogens with one attached hydrogen (secondary N) is 1. The first-order valence-corrected chi connectivity index (χ1v) is 9.33. The number of carbonyl (C=O) groups excluding carboxylic acids is 1. The fourth-order valence-electron chi connectivity index (χ4n) is 1.23. The van der Waals surface area contributed by atoms with E-state index in [-0.39, 0.29) is 0 Å². The van der Waals surface area contributed by atoms with Gasteiger partial charge in [-0.3, -0.25) is 10.2 Å². The number of hydrogen-bond acceptors (Lipinski definition) is 4. The Morgan fingerprint density at radius 3 is 2.00 bits per heavy atom. The average molecular weight is 351 g/mol. The number of amides is 1. The standard InChI is InChI=1S/C10H21Cl2N2O3PS/c1-6-16-18(19,17-7-2)14(10(3,4)5)13-9(15)8(11)12/h8H,6-7H2,1-5H3,(H,13,15). The van der Waals surface area contributed by atoms with Gasteiger partial charge in [-0.1, -0.05) is 23.2 Å². The molecule has 114 valence electrons. The van der Waals surface area contributed by atoms with Gasteiger partial charge in [0.2, 0.25) is 0 Å². The van der Waals surface area contributed by atoms with E-state index in [1.165, 1.54) is 4.78 Å². The van der Waals surface area contributed by atoms with Crippen LogP contribution in [0, 0.1) is 0 Å². The highest BCUT2D eigenvalue weighted by molar-refractivity contribution is 8.08. The van der Waals surface area contributed by atoms with Crippen LogP contribution in [0.15, 0.2) is 0 Å². The number of rotatable bonds is 7. The van der Waals surface area contributed by atoms with Crippen molar-refractivity contribution in [2.45, 2.75) is 45.0 Å². The summed E-state index contributed by atoms with van der Waals surface area (Å²) in [6, 6.07) is 0. The predicted molar refractivity (Wildman–Crippen MR) is 82.8 cm³/mol. The maximum atomic E-state index is 11.7. The normalized spacial score (nSPS) is 13.1. The first-order valence-electron chi connectivity index (χ1n) is 5.87. The molecule has 0 saturated heterocycles. The van der Waals surface area contributed by atoms with Gasteiger partial charge in [-0.15, -0.1) is 4.78 Å². The van der Waals surface area contributed by atoms with Crippen molar-refractivity contribution in [1.82, 2.24) is 10.2 Å². The number of nitrogens with zero attached hydrogens (tertiary/aromatic N) is 1. The quantitative estimate of drug-likeness (QED) is 0.434. The Bertz CT molecular complexity index is 340. The molecule has 0 spiro atoms. The van der Waals surface area contributed by atoms with E-state index in [0.29, 0.717) is 13.2 Å². The summed E-state index contributed by atoms with van der Waals surface area (Å²) >= 11 is 16.6. The van der Waals surface area contributed by atoms with Gasteiger partial charge in [0, 0.05) is 5.54 Å². The van der Waals surface area contributed by atoms with Crippen molar-refractivity contribution in [2.24, 2.45) is 0 Å². The summed E-state index contributed by atoms with van der Waals surface area (Å²) in [4.78, 5) is 10.5. The zero-order valence-corrected chi connectivity index (χ0v) is 15.0. The van der Waals surface area contributed by atoms with Gasteiger partial charge in [0.05, 0.1) is 13.2 Å². The zero-order valence-electron chi connectivity index (χ0n) is 11.8. The van der Waals surface area contributed by atoms with Crippen LogP contribution in [0.3, 0.4) is 0 Å². The molecule has 0 aliphatic heterocycles. The van der Waals surface area contributed by atoms with E-state index in [2.05, 4.69) is 5.43 Å². The second kappa shape index (κ2) is 8.13. The molecule has 0 bridgehead atoms. The Morgan fingerprint density at radius 2 is 1.74 bits per heavy atom. The molecule has 19 heavy (non-hydrogen) atoms. The van der Waals surface area contributed by atoms with Crippen LogP contribution >= 0.6 is 29.8 Å². The molecule has 0 unspecified atom stereocenters. The SMILES string of the molecule is CCOP(=S)(OCC)N(NC(=O)C(Cl)Cl)C(C)(C)C. The van der Waals surface area contributed by atoms with E-state index in [1.54, 1.807) is 0 Å². The van der Waals surface area contributed by atoms with Gasteiger partial charge < -0.3 is 9.05 Å². The number of alkyl halides is 2. The molecule has 0 aromatic carbocycles. The van der Waals surface area contributed by atoms with Gasteiger partial charge in [0.15, 0.2) is 4.84 Å². The lowest BCUT2D eigenvalue weighted by atomic mass is 10.1. The third kappa shape index (κ3) is 6.25. The molecule has 9 heteroatoms. The van der Waals surface area contributed by atoms with Gasteiger partial charge >= 0.3 is 0 Å². The molecule has 0 atom stereocenters. The van der Waals surface area contributed by atoms with E-state index >= 15 is 0 Å². The maximum absolute atomic E-state index is 11.7. The van der Waals surface area contributed by atoms with Crippen LogP contribution in [0.1, 0.15) is 34.6 Å². The molecule has 0 aliphatic carbocycles. The summed E-state index contributed by atoms with van der Waals surface area (Å²) in [5.74, 6) is -0.563. The molecule has 1 amide bonds. The zero-order chi connectivity index (χ0) is 15.3.